The second-order valence-electron chi connectivity index (χ2n) is 5.91. The van der Waals surface area contributed by atoms with Crippen LogP contribution in [-0.4, -0.2) is 32.3 Å². The first-order valence-electron chi connectivity index (χ1n) is 7.66. The summed E-state index contributed by atoms with van der Waals surface area (Å²) in [6.45, 7) is 2.20. The Balaban J connectivity index is 1.63. The summed E-state index contributed by atoms with van der Waals surface area (Å²) in [5.41, 5.74) is 0.542. The highest BCUT2D eigenvalue weighted by Crippen LogP contribution is 2.26. The molecule has 3 rings (SSSR count). The van der Waals surface area contributed by atoms with Crippen molar-refractivity contribution in [2.75, 3.05) is 5.75 Å². The Labute approximate surface area is 149 Å². The second kappa shape index (κ2) is 7.28. The number of carbonyl (C=O) groups is 1. The Morgan fingerprint density at radius 1 is 1.39 bits per heavy atom. The summed E-state index contributed by atoms with van der Waals surface area (Å²) in [6.07, 6.45) is 6.40. The van der Waals surface area contributed by atoms with Crippen molar-refractivity contribution in [2.24, 2.45) is 5.92 Å². The molecule has 2 aromatic rings. The summed E-state index contributed by atoms with van der Waals surface area (Å²) in [6, 6.07) is 1.91. The molecule has 2 heterocycles. The highest BCUT2D eigenvalue weighted by molar-refractivity contribution is 7.99. The van der Waals surface area contributed by atoms with E-state index in [9.17, 15) is 4.79 Å². The molecule has 0 saturated heterocycles. The lowest BCUT2D eigenvalue weighted by Crippen LogP contribution is -2.41. The number of thioether (sulfide) groups is 1. The van der Waals surface area contributed by atoms with Crippen molar-refractivity contribution in [3.8, 4) is 0 Å². The van der Waals surface area contributed by atoms with Crippen LogP contribution in [0.5, 0.6) is 0 Å². The minimum atomic E-state index is 0.0265. The number of hydrogen-bond acceptors (Lipinski definition) is 4. The maximum atomic E-state index is 12.2. The first-order chi connectivity index (χ1) is 11.0. The molecule has 1 aliphatic carbocycles. The largest absolute Gasteiger partial charge is 0.352 e. The molecule has 0 unspecified atom stereocenters. The van der Waals surface area contributed by atoms with Gasteiger partial charge < -0.3 is 5.32 Å². The fraction of sp³-hybridized carbons (Fsp3) is 0.533. The Hall–Kier alpha value is -0.980. The zero-order valence-corrected chi connectivity index (χ0v) is 15.1. The molecule has 1 amide bonds. The molecular weight excluding hydrogens is 355 g/mol. The van der Waals surface area contributed by atoms with Crippen molar-refractivity contribution in [2.45, 2.75) is 43.8 Å². The van der Waals surface area contributed by atoms with E-state index in [0.717, 1.165) is 6.42 Å². The highest BCUT2D eigenvalue weighted by atomic mass is 35.5. The van der Waals surface area contributed by atoms with Crippen molar-refractivity contribution >= 4 is 46.5 Å². The van der Waals surface area contributed by atoms with E-state index in [0.29, 0.717) is 32.5 Å². The number of nitrogens with zero attached hydrogens (tertiary/aromatic N) is 3. The third-order valence-electron chi connectivity index (χ3n) is 4.19. The van der Waals surface area contributed by atoms with Crippen LogP contribution in [0.3, 0.4) is 0 Å². The Morgan fingerprint density at radius 2 is 2.17 bits per heavy atom. The SMILES string of the molecule is C[C@H]1CCCC[C@@H]1NC(=O)CSc1nnc2c(Cl)cc(Cl)cn12. The molecule has 8 heteroatoms. The molecule has 1 N–H and O–H groups in total. The van der Waals surface area contributed by atoms with Gasteiger partial charge in [-0.15, -0.1) is 10.2 Å². The van der Waals surface area contributed by atoms with Gasteiger partial charge in [-0.25, -0.2) is 0 Å². The number of fused-ring (bicyclic) bond motifs is 1. The van der Waals surface area contributed by atoms with Crippen LogP contribution < -0.4 is 5.32 Å². The average molecular weight is 373 g/mol. The number of aromatic nitrogens is 3. The van der Waals surface area contributed by atoms with Gasteiger partial charge in [-0.1, -0.05) is 54.7 Å². The molecule has 2 aromatic heterocycles. The van der Waals surface area contributed by atoms with E-state index in [-0.39, 0.29) is 11.9 Å². The predicted molar refractivity (Wildman–Crippen MR) is 93.3 cm³/mol. The first-order valence-corrected chi connectivity index (χ1v) is 9.40. The molecule has 2 atom stereocenters. The van der Waals surface area contributed by atoms with Gasteiger partial charge in [0.2, 0.25) is 5.91 Å². The molecule has 0 aromatic carbocycles. The van der Waals surface area contributed by atoms with Crippen LogP contribution in [0.1, 0.15) is 32.6 Å². The van der Waals surface area contributed by atoms with Crippen molar-refractivity contribution in [3.05, 3.63) is 22.3 Å². The molecule has 124 valence electrons. The van der Waals surface area contributed by atoms with E-state index in [1.165, 1.54) is 31.0 Å². The lowest BCUT2D eigenvalue weighted by Gasteiger charge is -2.29. The third kappa shape index (κ3) is 3.92. The zero-order chi connectivity index (χ0) is 16.4. The van der Waals surface area contributed by atoms with Crippen molar-refractivity contribution in [1.29, 1.82) is 0 Å². The number of rotatable bonds is 4. The summed E-state index contributed by atoms with van der Waals surface area (Å²) < 4.78 is 1.71. The van der Waals surface area contributed by atoms with Gasteiger partial charge >= 0.3 is 0 Å². The summed E-state index contributed by atoms with van der Waals surface area (Å²) in [4.78, 5) is 12.2. The van der Waals surface area contributed by atoms with Crippen LogP contribution in [0.25, 0.3) is 5.65 Å². The molecule has 0 aliphatic heterocycles. The fourth-order valence-electron chi connectivity index (χ4n) is 2.91. The standard InChI is InChI=1S/C15H18Cl2N4OS/c1-9-4-2-3-5-12(9)18-13(22)8-23-15-20-19-14-11(17)6-10(16)7-21(14)15/h6-7,9,12H,2-5,8H2,1H3,(H,18,22)/t9-,12-/m0/s1. The number of amides is 1. The number of halogens is 2. The number of carbonyl (C=O) groups excluding carboxylic acids is 1. The van der Waals surface area contributed by atoms with E-state index >= 15 is 0 Å². The lowest BCUT2D eigenvalue weighted by molar-refractivity contribution is -0.119. The van der Waals surface area contributed by atoms with Crippen LogP contribution in [-0.2, 0) is 4.79 Å². The van der Waals surface area contributed by atoms with E-state index in [4.69, 9.17) is 23.2 Å². The van der Waals surface area contributed by atoms with E-state index < -0.39 is 0 Å². The number of nitrogens with one attached hydrogen (secondary N) is 1. The van der Waals surface area contributed by atoms with Crippen molar-refractivity contribution in [3.63, 3.8) is 0 Å². The van der Waals surface area contributed by atoms with Crippen LogP contribution in [0.2, 0.25) is 10.0 Å². The highest BCUT2D eigenvalue weighted by Gasteiger charge is 2.23. The quantitative estimate of drug-likeness (QED) is 0.828. The molecule has 1 fully saturated rings. The van der Waals surface area contributed by atoms with Gasteiger partial charge in [0.05, 0.1) is 15.8 Å². The first kappa shape index (κ1) is 16.9. The normalized spacial score (nSPS) is 21.5. The van der Waals surface area contributed by atoms with Crippen molar-refractivity contribution < 1.29 is 4.79 Å². The summed E-state index contributed by atoms with van der Waals surface area (Å²) in [5.74, 6) is 0.872. The van der Waals surface area contributed by atoms with Gasteiger partial charge in [0.1, 0.15) is 0 Å². The minimum absolute atomic E-state index is 0.0265. The summed E-state index contributed by atoms with van der Waals surface area (Å²) in [5, 5.41) is 12.8. The molecular formula is C15H18Cl2N4OS. The predicted octanol–water partition coefficient (Wildman–Crippen LogP) is 3.82. The van der Waals surface area contributed by atoms with Gasteiger partial charge in [0, 0.05) is 12.2 Å². The van der Waals surface area contributed by atoms with Crippen molar-refractivity contribution in [1.82, 2.24) is 19.9 Å². The van der Waals surface area contributed by atoms with Gasteiger partial charge in [-0.3, -0.25) is 9.20 Å². The lowest BCUT2D eigenvalue weighted by atomic mass is 9.86. The Bertz CT molecular complexity index is 721. The molecule has 23 heavy (non-hydrogen) atoms. The maximum absolute atomic E-state index is 12.2. The monoisotopic (exact) mass is 372 g/mol. The molecule has 0 spiro atoms. The number of pyridine rings is 1. The Kier molecular flexibility index (Phi) is 5.34. The van der Waals surface area contributed by atoms with Crippen LogP contribution in [0, 0.1) is 5.92 Å². The molecule has 1 saturated carbocycles. The van der Waals surface area contributed by atoms with E-state index in [1.807, 2.05) is 0 Å². The van der Waals surface area contributed by atoms with Gasteiger partial charge in [0.15, 0.2) is 10.8 Å². The molecule has 1 aliphatic rings. The molecule has 0 bridgehead atoms. The molecule has 0 radical (unpaired) electrons. The Morgan fingerprint density at radius 3 is 2.96 bits per heavy atom. The fourth-order valence-corrected chi connectivity index (χ4v) is 4.14. The van der Waals surface area contributed by atoms with Crippen LogP contribution >= 0.6 is 35.0 Å². The second-order valence-corrected chi connectivity index (χ2v) is 7.69. The van der Waals surface area contributed by atoms with Gasteiger partial charge in [-0.2, -0.15) is 0 Å². The summed E-state index contributed by atoms with van der Waals surface area (Å²) in [7, 11) is 0. The maximum Gasteiger partial charge on any atom is 0.230 e. The molecule has 5 nitrogen and oxygen atoms in total. The topological polar surface area (TPSA) is 59.3 Å². The minimum Gasteiger partial charge on any atom is -0.352 e. The van der Waals surface area contributed by atoms with Crippen LogP contribution in [0.15, 0.2) is 17.4 Å². The zero-order valence-electron chi connectivity index (χ0n) is 12.8. The number of hydrogen-bond donors (Lipinski definition) is 1. The smallest absolute Gasteiger partial charge is 0.230 e. The van der Waals surface area contributed by atoms with Gasteiger partial charge in [0.25, 0.3) is 0 Å². The third-order valence-corrected chi connectivity index (χ3v) is 5.61. The van der Waals surface area contributed by atoms with E-state index in [1.54, 1.807) is 16.7 Å². The summed E-state index contributed by atoms with van der Waals surface area (Å²) >= 11 is 13.4. The van der Waals surface area contributed by atoms with Gasteiger partial charge in [-0.05, 0) is 24.8 Å². The van der Waals surface area contributed by atoms with Crippen LogP contribution in [0.4, 0.5) is 0 Å². The average Bonchev–Trinajstić information content (AvgIpc) is 2.91. The van der Waals surface area contributed by atoms with E-state index in [2.05, 4.69) is 22.4 Å².